The summed E-state index contributed by atoms with van der Waals surface area (Å²) in [6.07, 6.45) is 1.40. The number of nitrogens with zero attached hydrogens (tertiary/aromatic N) is 2. The quantitative estimate of drug-likeness (QED) is 0.846. The molecule has 2 aromatic rings. The van der Waals surface area contributed by atoms with Gasteiger partial charge in [-0.05, 0) is 50.5 Å². The molecule has 0 spiro atoms. The van der Waals surface area contributed by atoms with Crippen molar-refractivity contribution in [2.75, 3.05) is 32.5 Å². The number of halogens is 1. The summed E-state index contributed by atoms with van der Waals surface area (Å²) in [6, 6.07) is 8.36. The molecule has 6 nitrogen and oxygen atoms in total. The number of likely N-dealkylation sites (N-methyl/N-ethyl adjacent to an activating group) is 1. The molecule has 0 atom stereocenters. The van der Waals surface area contributed by atoms with Crippen LogP contribution in [-0.4, -0.2) is 48.9 Å². The Bertz CT molecular complexity index is 717. The maximum absolute atomic E-state index is 12.9. The predicted octanol–water partition coefficient (Wildman–Crippen LogP) is 1.76. The van der Waals surface area contributed by atoms with Gasteiger partial charge in [-0.1, -0.05) is 0 Å². The van der Waals surface area contributed by atoms with Crippen LogP contribution in [0, 0.1) is 5.82 Å². The molecule has 2 amide bonds. The second-order valence-electron chi connectivity index (χ2n) is 5.45. The van der Waals surface area contributed by atoms with Crippen molar-refractivity contribution in [1.82, 2.24) is 15.2 Å². The molecule has 0 aliphatic carbocycles. The van der Waals surface area contributed by atoms with Gasteiger partial charge in [-0.15, -0.1) is 0 Å². The Morgan fingerprint density at radius 2 is 1.83 bits per heavy atom. The van der Waals surface area contributed by atoms with E-state index in [2.05, 4.69) is 15.6 Å². The summed E-state index contributed by atoms with van der Waals surface area (Å²) < 4.78 is 12.9. The van der Waals surface area contributed by atoms with Gasteiger partial charge in [0.15, 0.2) is 0 Å². The van der Waals surface area contributed by atoms with Crippen LogP contribution in [0.4, 0.5) is 10.1 Å². The highest BCUT2D eigenvalue weighted by atomic mass is 19.1. The Morgan fingerprint density at radius 1 is 1.12 bits per heavy atom. The molecular formula is C17H19FN4O2. The van der Waals surface area contributed by atoms with Crippen LogP contribution in [0.15, 0.2) is 42.6 Å². The molecule has 2 rings (SSSR count). The first-order valence-electron chi connectivity index (χ1n) is 7.41. The van der Waals surface area contributed by atoms with Crippen molar-refractivity contribution >= 4 is 17.5 Å². The normalized spacial score (nSPS) is 10.5. The Morgan fingerprint density at radius 3 is 2.50 bits per heavy atom. The first kappa shape index (κ1) is 17.6. The lowest BCUT2D eigenvalue weighted by Crippen LogP contribution is -2.31. The fourth-order valence-corrected chi connectivity index (χ4v) is 1.92. The zero-order valence-corrected chi connectivity index (χ0v) is 13.5. The minimum atomic E-state index is -0.468. The van der Waals surface area contributed by atoms with E-state index in [1.165, 1.54) is 36.5 Å². The molecule has 0 fully saturated rings. The minimum absolute atomic E-state index is 0.111. The van der Waals surface area contributed by atoms with Crippen LogP contribution < -0.4 is 10.6 Å². The molecule has 0 aliphatic rings. The van der Waals surface area contributed by atoms with Crippen LogP contribution in [0.3, 0.4) is 0 Å². The smallest absolute Gasteiger partial charge is 0.274 e. The molecule has 1 aromatic heterocycles. The van der Waals surface area contributed by atoms with E-state index in [4.69, 9.17) is 0 Å². The highest BCUT2D eigenvalue weighted by molar-refractivity contribution is 6.04. The average molecular weight is 330 g/mol. The van der Waals surface area contributed by atoms with Crippen molar-refractivity contribution in [3.05, 3.63) is 59.7 Å². The van der Waals surface area contributed by atoms with Gasteiger partial charge < -0.3 is 15.5 Å². The number of hydrogen-bond acceptors (Lipinski definition) is 4. The fraction of sp³-hybridized carbons (Fsp3) is 0.235. The molecule has 1 heterocycles. The van der Waals surface area contributed by atoms with E-state index in [0.717, 1.165) is 0 Å². The van der Waals surface area contributed by atoms with E-state index >= 15 is 0 Å². The molecule has 0 saturated carbocycles. The van der Waals surface area contributed by atoms with Gasteiger partial charge in [-0.3, -0.25) is 14.6 Å². The van der Waals surface area contributed by atoms with Crippen LogP contribution in [0.5, 0.6) is 0 Å². The first-order valence-corrected chi connectivity index (χ1v) is 7.41. The third-order valence-electron chi connectivity index (χ3n) is 3.20. The first-order chi connectivity index (χ1) is 11.5. The molecular weight excluding hydrogens is 311 g/mol. The van der Waals surface area contributed by atoms with Gasteiger partial charge in [-0.2, -0.15) is 0 Å². The van der Waals surface area contributed by atoms with E-state index in [1.807, 2.05) is 19.0 Å². The van der Waals surface area contributed by atoms with Crippen LogP contribution in [0.25, 0.3) is 0 Å². The van der Waals surface area contributed by atoms with E-state index in [-0.39, 0.29) is 17.4 Å². The Labute approximate surface area is 139 Å². The van der Waals surface area contributed by atoms with Crippen molar-refractivity contribution in [2.45, 2.75) is 0 Å². The van der Waals surface area contributed by atoms with Gasteiger partial charge in [0.05, 0.1) is 0 Å². The number of carbonyl (C=O) groups is 2. The number of anilines is 1. The molecule has 0 saturated heterocycles. The lowest BCUT2D eigenvalue weighted by Gasteiger charge is -2.10. The predicted molar refractivity (Wildman–Crippen MR) is 89.5 cm³/mol. The number of aromatic nitrogens is 1. The second-order valence-corrected chi connectivity index (χ2v) is 5.45. The number of benzene rings is 1. The summed E-state index contributed by atoms with van der Waals surface area (Å²) in [5.74, 6) is -1.12. The summed E-state index contributed by atoms with van der Waals surface area (Å²) in [5.41, 5.74) is 0.914. The van der Waals surface area contributed by atoms with Crippen LogP contribution in [0.2, 0.25) is 0 Å². The van der Waals surface area contributed by atoms with Crippen LogP contribution in [0.1, 0.15) is 20.8 Å². The number of carbonyl (C=O) groups excluding carboxylic acids is 2. The maximum Gasteiger partial charge on any atom is 0.274 e. The number of rotatable bonds is 6. The molecule has 0 unspecified atom stereocenters. The van der Waals surface area contributed by atoms with E-state index in [0.29, 0.717) is 24.3 Å². The van der Waals surface area contributed by atoms with Crippen molar-refractivity contribution in [3.63, 3.8) is 0 Å². The van der Waals surface area contributed by atoms with Gasteiger partial charge in [0, 0.05) is 30.5 Å². The number of pyridine rings is 1. The van der Waals surface area contributed by atoms with E-state index in [1.54, 1.807) is 6.07 Å². The summed E-state index contributed by atoms with van der Waals surface area (Å²) in [5, 5.41) is 5.37. The molecule has 2 N–H and O–H groups in total. The van der Waals surface area contributed by atoms with Crippen molar-refractivity contribution < 1.29 is 14.0 Å². The van der Waals surface area contributed by atoms with Crippen molar-refractivity contribution in [2.24, 2.45) is 0 Å². The highest BCUT2D eigenvalue weighted by Crippen LogP contribution is 2.10. The molecule has 7 heteroatoms. The topological polar surface area (TPSA) is 74.3 Å². The Kier molecular flexibility index (Phi) is 5.97. The third-order valence-corrected chi connectivity index (χ3v) is 3.20. The Balaban J connectivity index is 2.02. The van der Waals surface area contributed by atoms with Gasteiger partial charge >= 0.3 is 0 Å². The second kappa shape index (κ2) is 8.16. The van der Waals surface area contributed by atoms with Crippen molar-refractivity contribution in [1.29, 1.82) is 0 Å². The largest absolute Gasteiger partial charge is 0.351 e. The third kappa shape index (κ3) is 5.13. The van der Waals surface area contributed by atoms with Gasteiger partial charge in [0.1, 0.15) is 11.5 Å². The summed E-state index contributed by atoms with van der Waals surface area (Å²) in [4.78, 5) is 30.2. The fourth-order valence-electron chi connectivity index (χ4n) is 1.92. The van der Waals surface area contributed by atoms with Gasteiger partial charge in [-0.25, -0.2) is 4.39 Å². The lowest BCUT2D eigenvalue weighted by atomic mass is 10.2. The summed E-state index contributed by atoms with van der Waals surface area (Å²) in [6.45, 7) is 1.22. The molecule has 0 bridgehead atoms. The maximum atomic E-state index is 12.9. The number of amides is 2. The molecule has 0 aliphatic heterocycles. The molecule has 1 aromatic carbocycles. The summed E-state index contributed by atoms with van der Waals surface area (Å²) >= 11 is 0. The standard InChI is InChI=1S/C17H19FN4O2/c1-22(2)10-9-20-16(23)12-7-8-19-15(11-12)17(24)21-14-5-3-13(18)4-6-14/h3-8,11H,9-10H2,1-2H3,(H,20,23)(H,21,24). The van der Waals surface area contributed by atoms with E-state index < -0.39 is 5.91 Å². The lowest BCUT2D eigenvalue weighted by molar-refractivity contribution is 0.0951. The number of hydrogen-bond donors (Lipinski definition) is 2. The summed E-state index contributed by atoms with van der Waals surface area (Å²) in [7, 11) is 3.83. The van der Waals surface area contributed by atoms with Crippen LogP contribution >= 0.6 is 0 Å². The molecule has 0 radical (unpaired) electrons. The van der Waals surface area contributed by atoms with Crippen LogP contribution in [-0.2, 0) is 0 Å². The monoisotopic (exact) mass is 330 g/mol. The molecule has 126 valence electrons. The Hall–Kier alpha value is -2.80. The average Bonchev–Trinajstić information content (AvgIpc) is 2.56. The van der Waals surface area contributed by atoms with Crippen molar-refractivity contribution in [3.8, 4) is 0 Å². The molecule has 24 heavy (non-hydrogen) atoms. The SMILES string of the molecule is CN(C)CCNC(=O)c1ccnc(C(=O)Nc2ccc(F)cc2)c1. The van der Waals surface area contributed by atoms with E-state index in [9.17, 15) is 14.0 Å². The van der Waals surface area contributed by atoms with Gasteiger partial charge in [0.25, 0.3) is 11.8 Å². The number of nitrogens with one attached hydrogen (secondary N) is 2. The highest BCUT2D eigenvalue weighted by Gasteiger charge is 2.12. The minimum Gasteiger partial charge on any atom is -0.351 e. The zero-order chi connectivity index (χ0) is 17.5. The van der Waals surface area contributed by atoms with Gasteiger partial charge in [0.2, 0.25) is 0 Å². The zero-order valence-electron chi connectivity index (χ0n) is 13.5.